The second-order valence-corrected chi connectivity index (χ2v) is 5.62. The number of methoxy groups -OCH3 is 1. The normalized spacial score (nSPS) is 10.1. The van der Waals surface area contributed by atoms with Crippen molar-refractivity contribution in [3.05, 3.63) is 63.7 Å². The van der Waals surface area contributed by atoms with Crippen molar-refractivity contribution < 1.29 is 9.66 Å². The molecule has 2 N–H and O–H groups in total. The van der Waals surface area contributed by atoms with Crippen molar-refractivity contribution in [1.29, 1.82) is 0 Å². The van der Waals surface area contributed by atoms with Crippen molar-refractivity contribution in [3.8, 4) is 5.75 Å². The fourth-order valence-corrected chi connectivity index (χ4v) is 2.46. The van der Waals surface area contributed by atoms with Crippen molar-refractivity contribution in [2.24, 2.45) is 0 Å². The summed E-state index contributed by atoms with van der Waals surface area (Å²) in [5, 5.41) is 17.7. The van der Waals surface area contributed by atoms with Crippen LogP contribution in [-0.2, 0) is 6.42 Å². The lowest BCUT2D eigenvalue weighted by Gasteiger charge is -2.14. The van der Waals surface area contributed by atoms with E-state index in [1.165, 1.54) is 18.7 Å². The minimum atomic E-state index is -0.466. The van der Waals surface area contributed by atoms with Crippen LogP contribution >= 0.6 is 12.2 Å². The standard InChI is InChI=1S/C17H19N3O3S/c1-12-10-15(20(21)22)16(23-2)11-14(12)19-17(24)18-9-8-13-6-4-3-5-7-13/h3-7,10-11H,8-9H2,1-2H3,(H2,18,19,24). The number of benzene rings is 2. The molecular weight excluding hydrogens is 326 g/mol. The summed E-state index contributed by atoms with van der Waals surface area (Å²) >= 11 is 5.28. The molecule has 0 bridgehead atoms. The number of hydrogen-bond donors (Lipinski definition) is 2. The van der Waals surface area contributed by atoms with Gasteiger partial charge in [-0.25, -0.2) is 0 Å². The SMILES string of the molecule is COc1cc(NC(=S)NCCc2ccccc2)c(C)cc1[N+](=O)[O-]. The summed E-state index contributed by atoms with van der Waals surface area (Å²) in [5.41, 5.74) is 2.55. The average Bonchev–Trinajstić information content (AvgIpc) is 2.57. The number of nitro groups is 1. The van der Waals surface area contributed by atoms with E-state index in [1.807, 2.05) is 18.2 Å². The summed E-state index contributed by atoms with van der Waals surface area (Å²) in [7, 11) is 1.40. The number of nitro benzene ring substituents is 1. The van der Waals surface area contributed by atoms with Crippen LogP contribution in [0.3, 0.4) is 0 Å². The number of hydrogen-bond acceptors (Lipinski definition) is 4. The van der Waals surface area contributed by atoms with Gasteiger partial charge in [-0.3, -0.25) is 10.1 Å². The highest BCUT2D eigenvalue weighted by Gasteiger charge is 2.17. The molecule has 0 saturated carbocycles. The van der Waals surface area contributed by atoms with Gasteiger partial charge in [0.25, 0.3) is 0 Å². The van der Waals surface area contributed by atoms with E-state index in [-0.39, 0.29) is 11.4 Å². The number of anilines is 1. The molecule has 0 aliphatic heterocycles. The van der Waals surface area contributed by atoms with Crippen LogP contribution in [0.1, 0.15) is 11.1 Å². The van der Waals surface area contributed by atoms with Crippen LogP contribution in [0.15, 0.2) is 42.5 Å². The molecule has 2 rings (SSSR count). The first-order valence-electron chi connectivity index (χ1n) is 7.43. The fourth-order valence-electron chi connectivity index (χ4n) is 2.25. The lowest BCUT2D eigenvalue weighted by molar-refractivity contribution is -0.385. The Bertz CT molecular complexity index is 735. The lowest BCUT2D eigenvalue weighted by Crippen LogP contribution is -2.30. The van der Waals surface area contributed by atoms with Crippen LogP contribution < -0.4 is 15.4 Å². The molecule has 0 aromatic heterocycles. The van der Waals surface area contributed by atoms with Crippen LogP contribution in [0, 0.1) is 17.0 Å². The highest BCUT2D eigenvalue weighted by atomic mass is 32.1. The molecule has 2 aromatic carbocycles. The third kappa shape index (κ3) is 4.66. The first-order chi connectivity index (χ1) is 11.5. The summed E-state index contributed by atoms with van der Waals surface area (Å²) < 4.78 is 5.08. The van der Waals surface area contributed by atoms with E-state index in [0.717, 1.165) is 12.0 Å². The molecule has 2 aromatic rings. The predicted molar refractivity (Wildman–Crippen MR) is 98.8 cm³/mol. The summed E-state index contributed by atoms with van der Waals surface area (Å²) in [5.74, 6) is 0.195. The predicted octanol–water partition coefficient (Wildman–Crippen LogP) is 3.44. The van der Waals surface area contributed by atoms with Gasteiger partial charge in [0, 0.05) is 24.4 Å². The van der Waals surface area contributed by atoms with Gasteiger partial charge < -0.3 is 15.4 Å². The zero-order valence-electron chi connectivity index (χ0n) is 13.5. The number of rotatable bonds is 6. The Balaban J connectivity index is 1.97. The van der Waals surface area contributed by atoms with Crippen LogP contribution in [0.2, 0.25) is 0 Å². The minimum Gasteiger partial charge on any atom is -0.490 e. The smallest absolute Gasteiger partial charge is 0.311 e. The molecule has 0 fully saturated rings. The van der Waals surface area contributed by atoms with E-state index >= 15 is 0 Å². The monoisotopic (exact) mass is 345 g/mol. The Labute approximate surface area is 146 Å². The van der Waals surface area contributed by atoms with Crippen LogP contribution in [0.5, 0.6) is 5.75 Å². The molecule has 0 aliphatic carbocycles. The molecule has 7 heteroatoms. The van der Waals surface area contributed by atoms with Gasteiger partial charge in [0.2, 0.25) is 0 Å². The Kier molecular flexibility index (Phi) is 6.08. The first-order valence-corrected chi connectivity index (χ1v) is 7.84. The number of aryl methyl sites for hydroxylation is 1. The molecule has 0 aliphatic rings. The maximum atomic E-state index is 11.0. The molecule has 0 spiro atoms. The van der Waals surface area contributed by atoms with Crippen molar-refractivity contribution in [3.63, 3.8) is 0 Å². The van der Waals surface area contributed by atoms with Crippen LogP contribution in [0.4, 0.5) is 11.4 Å². The molecule has 0 unspecified atom stereocenters. The van der Waals surface area contributed by atoms with E-state index in [9.17, 15) is 10.1 Å². The summed E-state index contributed by atoms with van der Waals surface area (Å²) in [4.78, 5) is 10.5. The number of nitrogens with zero attached hydrogens (tertiary/aromatic N) is 1. The van der Waals surface area contributed by atoms with Crippen molar-refractivity contribution >= 4 is 28.7 Å². The van der Waals surface area contributed by atoms with Gasteiger partial charge in [-0.2, -0.15) is 0 Å². The second-order valence-electron chi connectivity index (χ2n) is 5.21. The Morgan fingerprint density at radius 1 is 1.29 bits per heavy atom. The molecule has 0 atom stereocenters. The summed E-state index contributed by atoms with van der Waals surface area (Å²) in [6, 6.07) is 13.1. The van der Waals surface area contributed by atoms with Gasteiger partial charge in [-0.05, 0) is 36.7 Å². The lowest BCUT2D eigenvalue weighted by atomic mass is 10.1. The van der Waals surface area contributed by atoms with Crippen molar-refractivity contribution in [2.75, 3.05) is 19.0 Å². The van der Waals surface area contributed by atoms with E-state index in [4.69, 9.17) is 17.0 Å². The Morgan fingerprint density at radius 3 is 2.62 bits per heavy atom. The second kappa shape index (κ2) is 8.26. The molecular formula is C17H19N3O3S. The average molecular weight is 345 g/mol. The minimum absolute atomic E-state index is 0.0662. The molecule has 126 valence electrons. The Hall–Kier alpha value is -2.67. The third-order valence-corrected chi connectivity index (χ3v) is 3.76. The quantitative estimate of drug-likeness (QED) is 0.474. The highest BCUT2D eigenvalue weighted by Crippen LogP contribution is 2.32. The molecule has 0 saturated heterocycles. The summed E-state index contributed by atoms with van der Waals surface area (Å²) in [6.45, 7) is 2.47. The largest absolute Gasteiger partial charge is 0.490 e. The van der Waals surface area contributed by atoms with E-state index in [1.54, 1.807) is 13.0 Å². The van der Waals surface area contributed by atoms with Gasteiger partial charge in [0.05, 0.1) is 12.0 Å². The molecule has 24 heavy (non-hydrogen) atoms. The van der Waals surface area contributed by atoms with Gasteiger partial charge in [0.15, 0.2) is 10.9 Å². The third-order valence-electron chi connectivity index (χ3n) is 3.51. The Morgan fingerprint density at radius 2 is 2.00 bits per heavy atom. The van der Waals surface area contributed by atoms with E-state index < -0.39 is 4.92 Å². The number of thiocarbonyl (C=S) groups is 1. The number of ether oxygens (including phenoxy) is 1. The number of nitrogens with one attached hydrogen (secondary N) is 2. The molecule has 6 nitrogen and oxygen atoms in total. The van der Waals surface area contributed by atoms with Crippen molar-refractivity contribution in [1.82, 2.24) is 5.32 Å². The van der Waals surface area contributed by atoms with E-state index in [2.05, 4.69) is 22.8 Å². The molecule has 0 radical (unpaired) electrons. The highest BCUT2D eigenvalue weighted by molar-refractivity contribution is 7.80. The fraction of sp³-hybridized carbons (Fsp3) is 0.235. The van der Waals surface area contributed by atoms with Gasteiger partial charge in [-0.15, -0.1) is 0 Å². The maximum absolute atomic E-state index is 11.0. The maximum Gasteiger partial charge on any atom is 0.311 e. The van der Waals surface area contributed by atoms with Crippen molar-refractivity contribution in [2.45, 2.75) is 13.3 Å². The van der Waals surface area contributed by atoms with Gasteiger partial charge in [0.1, 0.15) is 0 Å². The topological polar surface area (TPSA) is 76.4 Å². The zero-order chi connectivity index (χ0) is 17.5. The zero-order valence-corrected chi connectivity index (χ0v) is 14.4. The summed E-state index contributed by atoms with van der Waals surface area (Å²) in [6.07, 6.45) is 0.852. The van der Waals surface area contributed by atoms with Crippen LogP contribution in [0.25, 0.3) is 0 Å². The molecule has 0 amide bonds. The first kappa shape index (κ1) is 17.7. The van der Waals surface area contributed by atoms with Gasteiger partial charge >= 0.3 is 5.69 Å². The van der Waals surface area contributed by atoms with E-state index in [0.29, 0.717) is 17.3 Å². The molecule has 0 heterocycles. The van der Waals surface area contributed by atoms with Gasteiger partial charge in [-0.1, -0.05) is 30.3 Å². The van der Waals surface area contributed by atoms with Crippen LogP contribution in [-0.4, -0.2) is 23.7 Å².